The summed E-state index contributed by atoms with van der Waals surface area (Å²) >= 11 is 14.1. The predicted octanol–water partition coefficient (Wildman–Crippen LogP) is 5.65. The van der Waals surface area contributed by atoms with Crippen molar-refractivity contribution in [3.63, 3.8) is 0 Å². The number of carbonyl (C=O) groups is 3. The number of rotatable bonds is 5. The van der Waals surface area contributed by atoms with Gasteiger partial charge in [0.2, 0.25) is 17.7 Å². The van der Waals surface area contributed by atoms with Gasteiger partial charge in [-0.05, 0) is 54.1 Å². The number of amides is 3. The maximum atomic E-state index is 13.8. The second-order valence-corrected chi connectivity index (χ2v) is 12.1. The molecule has 0 radical (unpaired) electrons. The standard InChI is InChI=1S/C28H19Cl2N3O4S2/c29-16-6-10-18(11-7-16)31-20(34)14-32-27-24(39-28(32)37)21(15-4-2-1-3-5-15)22-23(38-27)26(36)33(25(22)35)19-12-8-17(30)9-13-19/h1-13,21-23H,14H2,(H,31,34)/t21-,22+,23-/m0/s1. The van der Waals surface area contributed by atoms with Crippen LogP contribution in [0.2, 0.25) is 10.0 Å². The van der Waals surface area contributed by atoms with Crippen molar-refractivity contribution < 1.29 is 14.4 Å². The Morgan fingerprint density at radius 2 is 1.49 bits per heavy atom. The summed E-state index contributed by atoms with van der Waals surface area (Å²) in [6.07, 6.45) is 0. The van der Waals surface area contributed by atoms with Gasteiger partial charge in [-0.2, -0.15) is 0 Å². The van der Waals surface area contributed by atoms with Gasteiger partial charge in [0.1, 0.15) is 11.8 Å². The molecule has 3 aromatic carbocycles. The quantitative estimate of drug-likeness (QED) is 0.301. The first-order valence-corrected chi connectivity index (χ1v) is 14.4. The highest BCUT2D eigenvalue weighted by Gasteiger charge is 2.56. The maximum absolute atomic E-state index is 13.8. The minimum absolute atomic E-state index is 0.234. The molecular formula is C28H19Cl2N3O4S2. The lowest BCUT2D eigenvalue weighted by molar-refractivity contribution is -0.122. The minimum atomic E-state index is -0.759. The van der Waals surface area contributed by atoms with E-state index >= 15 is 0 Å². The van der Waals surface area contributed by atoms with Gasteiger partial charge in [0, 0.05) is 26.5 Å². The molecule has 2 aliphatic heterocycles. The number of hydrogen-bond acceptors (Lipinski definition) is 6. The summed E-state index contributed by atoms with van der Waals surface area (Å²) in [6.45, 7) is -0.234. The van der Waals surface area contributed by atoms with E-state index in [2.05, 4.69) is 5.32 Å². The van der Waals surface area contributed by atoms with E-state index in [1.165, 1.54) is 21.2 Å². The van der Waals surface area contributed by atoms with Crippen LogP contribution in [-0.2, 0) is 20.9 Å². The zero-order valence-corrected chi connectivity index (χ0v) is 23.2. The summed E-state index contributed by atoms with van der Waals surface area (Å²) in [5.41, 5.74) is 1.82. The molecule has 39 heavy (non-hydrogen) atoms. The molecule has 196 valence electrons. The Balaban J connectivity index is 1.39. The van der Waals surface area contributed by atoms with E-state index in [0.717, 1.165) is 16.9 Å². The Kier molecular flexibility index (Phi) is 6.84. The highest BCUT2D eigenvalue weighted by molar-refractivity contribution is 8.00. The topological polar surface area (TPSA) is 88.5 Å². The van der Waals surface area contributed by atoms with Gasteiger partial charge in [0.25, 0.3) is 0 Å². The number of hydrogen-bond donors (Lipinski definition) is 1. The van der Waals surface area contributed by atoms with E-state index in [1.54, 1.807) is 48.5 Å². The minimum Gasteiger partial charge on any atom is -0.325 e. The number of imide groups is 1. The molecule has 0 spiro atoms. The molecule has 1 saturated heterocycles. The first-order valence-electron chi connectivity index (χ1n) is 12.0. The van der Waals surface area contributed by atoms with E-state index < -0.39 is 23.0 Å². The average molecular weight is 597 g/mol. The number of nitrogens with zero attached hydrogens (tertiary/aromatic N) is 2. The van der Waals surface area contributed by atoms with Crippen LogP contribution in [0.4, 0.5) is 11.4 Å². The third kappa shape index (κ3) is 4.69. The number of thioether (sulfide) groups is 1. The first kappa shape index (κ1) is 25.9. The highest BCUT2D eigenvalue weighted by atomic mass is 35.5. The molecule has 0 bridgehead atoms. The molecule has 7 nitrogen and oxygen atoms in total. The van der Waals surface area contributed by atoms with Gasteiger partial charge < -0.3 is 5.32 Å². The van der Waals surface area contributed by atoms with Crippen molar-refractivity contribution in [2.24, 2.45) is 5.92 Å². The zero-order valence-electron chi connectivity index (χ0n) is 20.0. The Morgan fingerprint density at radius 1 is 0.846 bits per heavy atom. The summed E-state index contributed by atoms with van der Waals surface area (Å²) in [6, 6.07) is 22.6. The molecule has 3 amide bonds. The van der Waals surface area contributed by atoms with Gasteiger partial charge in [-0.3, -0.25) is 23.7 Å². The Morgan fingerprint density at radius 3 is 2.15 bits per heavy atom. The highest BCUT2D eigenvalue weighted by Crippen LogP contribution is 2.53. The number of benzene rings is 3. The van der Waals surface area contributed by atoms with Gasteiger partial charge >= 0.3 is 4.87 Å². The second-order valence-electron chi connectivity index (χ2n) is 9.12. The fourth-order valence-electron chi connectivity index (χ4n) is 5.00. The van der Waals surface area contributed by atoms with Crippen molar-refractivity contribution >= 4 is 75.4 Å². The van der Waals surface area contributed by atoms with Crippen LogP contribution in [0.15, 0.2) is 88.7 Å². The van der Waals surface area contributed by atoms with Crippen molar-refractivity contribution in [2.45, 2.75) is 22.7 Å². The van der Waals surface area contributed by atoms with E-state index in [0.29, 0.717) is 31.3 Å². The zero-order chi connectivity index (χ0) is 27.3. The van der Waals surface area contributed by atoms with Crippen LogP contribution >= 0.6 is 46.3 Å². The largest absolute Gasteiger partial charge is 0.325 e. The summed E-state index contributed by atoms with van der Waals surface area (Å²) in [5.74, 6) is -2.30. The van der Waals surface area contributed by atoms with E-state index in [-0.39, 0.29) is 23.2 Å². The van der Waals surface area contributed by atoms with Crippen LogP contribution in [0, 0.1) is 5.92 Å². The molecule has 0 aliphatic carbocycles. The molecule has 4 aromatic rings. The number of aromatic nitrogens is 1. The number of carbonyl (C=O) groups excluding carboxylic acids is 3. The van der Waals surface area contributed by atoms with Crippen molar-refractivity contribution in [1.82, 2.24) is 4.57 Å². The number of anilines is 2. The second kappa shape index (κ2) is 10.3. The Labute approximate surface area is 241 Å². The average Bonchev–Trinajstić information content (AvgIpc) is 3.37. The van der Waals surface area contributed by atoms with Crippen molar-refractivity contribution in [3.8, 4) is 0 Å². The van der Waals surface area contributed by atoms with E-state index in [4.69, 9.17) is 23.2 Å². The van der Waals surface area contributed by atoms with Crippen molar-refractivity contribution in [1.29, 1.82) is 0 Å². The SMILES string of the molecule is O=C(Cn1c2c(sc1=O)[C@@H](c1ccccc1)[C@H]1C(=O)N(c3ccc(Cl)cc3)C(=O)[C@H]1S2)Nc1ccc(Cl)cc1. The monoisotopic (exact) mass is 595 g/mol. The molecule has 1 fully saturated rings. The third-order valence-corrected chi connectivity index (χ3v) is 9.83. The van der Waals surface area contributed by atoms with Gasteiger partial charge in [0.15, 0.2) is 0 Å². The molecule has 1 aromatic heterocycles. The smallest absolute Gasteiger partial charge is 0.308 e. The molecule has 3 heterocycles. The molecular weight excluding hydrogens is 577 g/mol. The van der Waals surface area contributed by atoms with Crippen LogP contribution in [-0.4, -0.2) is 27.5 Å². The summed E-state index contributed by atoms with van der Waals surface area (Å²) in [7, 11) is 0. The van der Waals surface area contributed by atoms with Crippen LogP contribution in [0.3, 0.4) is 0 Å². The van der Waals surface area contributed by atoms with Crippen LogP contribution < -0.4 is 15.1 Å². The summed E-state index contributed by atoms with van der Waals surface area (Å²) < 4.78 is 1.39. The van der Waals surface area contributed by atoms with Gasteiger partial charge in [0.05, 0.1) is 16.6 Å². The molecule has 0 unspecified atom stereocenters. The van der Waals surface area contributed by atoms with E-state index in [9.17, 15) is 19.2 Å². The lowest BCUT2D eigenvalue weighted by Crippen LogP contribution is -2.33. The maximum Gasteiger partial charge on any atom is 0.308 e. The number of thiazole rings is 1. The van der Waals surface area contributed by atoms with Gasteiger partial charge in [-0.1, -0.05) is 76.6 Å². The third-order valence-electron chi connectivity index (χ3n) is 6.72. The Bertz CT molecular complexity index is 1650. The molecule has 6 rings (SSSR count). The molecule has 11 heteroatoms. The van der Waals surface area contributed by atoms with Crippen LogP contribution in [0.25, 0.3) is 0 Å². The summed E-state index contributed by atoms with van der Waals surface area (Å²) in [4.78, 5) is 55.2. The normalized spacial score (nSPS) is 20.1. The molecule has 0 saturated carbocycles. The van der Waals surface area contributed by atoms with Gasteiger partial charge in [-0.15, -0.1) is 0 Å². The molecule has 2 aliphatic rings. The molecule has 3 atom stereocenters. The number of nitrogens with one attached hydrogen (secondary N) is 1. The number of halogens is 2. The van der Waals surface area contributed by atoms with Gasteiger partial charge in [-0.25, -0.2) is 4.90 Å². The molecule has 1 N–H and O–H groups in total. The fraction of sp³-hybridized carbons (Fsp3) is 0.143. The lowest BCUT2D eigenvalue weighted by Gasteiger charge is -2.30. The van der Waals surface area contributed by atoms with Crippen LogP contribution in [0.1, 0.15) is 16.4 Å². The lowest BCUT2D eigenvalue weighted by atomic mass is 9.83. The van der Waals surface area contributed by atoms with Crippen molar-refractivity contribution in [2.75, 3.05) is 10.2 Å². The van der Waals surface area contributed by atoms with Crippen LogP contribution in [0.5, 0.6) is 0 Å². The first-order chi connectivity index (χ1) is 18.8. The Hall–Kier alpha value is -3.37. The fourth-order valence-corrected chi connectivity index (χ4v) is 8.02. The van der Waals surface area contributed by atoms with E-state index in [1.807, 2.05) is 30.3 Å². The summed E-state index contributed by atoms with van der Waals surface area (Å²) in [5, 5.41) is 3.59. The predicted molar refractivity (Wildman–Crippen MR) is 154 cm³/mol. The number of fused-ring (bicyclic) bond motifs is 2. The van der Waals surface area contributed by atoms with Crippen molar-refractivity contribution in [3.05, 3.63) is 109 Å².